The second-order valence-corrected chi connectivity index (χ2v) is 4.60. The van der Waals surface area contributed by atoms with E-state index in [1.165, 1.54) is 13.0 Å². The van der Waals surface area contributed by atoms with Crippen LogP contribution in [0.4, 0.5) is 0 Å². The van der Waals surface area contributed by atoms with Crippen LogP contribution in [0.25, 0.3) is 0 Å². The first-order chi connectivity index (χ1) is 6.49. The molecule has 0 spiro atoms. The van der Waals surface area contributed by atoms with Gasteiger partial charge >= 0.3 is 0 Å². The molecule has 3 nitrogen and oxygen atoms in total. The molecule has 1 rings (SSSR count). The number of benzene rings is 1. The lowest BCUT2D eigenvalue weighted by Gasteiger charge is -2.07. The van der Waals surface area contributed by atoms with E-state index in [2.05, 4.69) is 4.18 Å². The maximum absolute atomic E-state index is 11.5. The molecule has 0 saturated carbocycles. The molecule has 0 aliphatic heterocycles. The van der Waals surface area contributed by atoms with Gasteiger partial charge in [-0.25, -0.2) is 0 Å². The molecule has 0 aliphatic rings. The maximum atomic E-state index is 11.5. The van der Waals surface area contributed by atoms with Crippen molar-refractivity contribution in [1.82, 2.24) is 0 Å². The van der Waals surface area contributed by atoms with Crippen molar-refractivity contribution in [3.8, 4) is 0 Å². The molecule has 0 amide bonds. The fourth-order valence-electron chi connectivity index (χ4n) is 1.04. The summed E-state index contributed by atoms with van der Waals surface area (Å²) >= 11 is 5.79. The Morgan fingerprint density at radius 2 is 2.07 bits per heavy atom. The monoisotopic (exact) mass is 233 g/mol. The minimum atomic E-state index is -3.70. The van der Waals surface area contributed by atoms with Gasteiger partial charge in [-0.2, -0.15) is 8.42 Å². The van der Waals surface area contributed by atoms with Crippen LogP contribution >= 0.6 is 11.6 Å². The summed E-state index contributed by atoms with van der Waals surface area (Å²) in [5.74, 6) is 0. The fourth-order valence-corrected chi connectivity index (χ4v) is 2.35. The molecule has 77 valence electrons. The third-order valence-electron chi connectivity index (χ3n) is 1.71. The Bertz CT molecular complexity index is 426. The van der Waals surface area contributed by atoms with Crippen LogP contribution in [0, 0.1) is 13.5 Å². The van der Waals surface area contributed by atoms with Gasteiger partial charge in [0.25, 0.3) is 10.1 Å². The van der Waals surface area contributed by atoms with Crippen LogP contribution in [0.1, 0.15) is 12.5 Å². The molecular formula is C9H10ClO3S. The van der Waals surface area contributed by atoms with Crippen molar-refractivity contribution in [1.29, 1.82) is 0 Å². The van der Waals surface area contributed by atoms with Crippen molar-refractivity contribution >= 4 is 21.7 Å². The van der Waals surface area contributed by atoms with Crippen LogP contribution in [0.5, 0.6) is 0 Å². The first-order valence-electron chi connectivity index (χ1n) is 3.95. The molecule has 0 heterocycles. The number of hydrogen-bond acceptors (Lipinski definition) is 3. The molecule has 1 aromatic carbocycles. The highest BCUT2D eigenvalue weighted by atomic mass is 35.5. The Morgan fingerprint density at radius 1 is 1.43 bits per heavy atom. The smallest absolute Gasteiger partial charge is 0.261 e. The molecule has 1 radical (unpaired) electrons. The van der Waals surface area contributed by atoms with Crippen molar-refractivity contribution in [2.24, 2.45) is 0 Å². The minimum Gasteiger partial charge on any atom is -0.261 e. The average molecular weight is 234 g/mol. The van der Waals surface area contributed by atoms with E-state index in [1.54, 1.807) is 19.1 Å². The normalized spacial score (nSPS) is 11.6. The van der Waals surface area contributed by atoms with Crippen LogP contribution in [0.15, 0.2) is 23.1 Å². The standard InChI is InChI=1S/C9H10ClO3S/c1-3-13-14(11,12)9-6-4-5-8(10)7(9)2/h3-6H,1-2H3. The Labute approximate surface area is 88.8 Å². The number of hydrogen-bond donors (Lipinski definition) is 0. The van der Waals surface area contributed by atoms with Gasteiger partial charge in [-0.1, -0.05) is 17.7 Å². The van der Waals surface area contributed by atoms with Crippen LogP contribution in [-0.2, 0) is 14.3 Å². The van der Waals surface area contributed by atoms with E-state index in [9.17, 15) is 8.42 Å². The van der Waals surface area contributed by atoms with Crippen LogP contribution in [0.3, 0.4) is 0 Å². The topological polar surface area (TPSA) is 43.4 Å². The Hall–Kier alpha value is -0.580. The third-order valence-corrected chi connectivity index (χ3v) is 3.55. The summed E-state index contributed by atoms with van der Waals surface area (Å²) in [4.78, 5) is 0.100. The zero-order chi connectivity index (χ0) is 10.8. The lowest BCUT2D eigenvalue weighted by Crippen LogP contribution is -2.05. The predicted octanol–water partition coefficient (Wildman–Crippen LogP) is 2.54. The molecule has 0 aliphatic carbocycles. The van der Waals surface area contributed by atoms with Crippen molar-refractivity contribution in [2.75, 3.05) is 0 Å². The molecule has 0 atom stereocenters. The average Bonchev–Trinajstić information content (AvgIpc) is 2.09. The Balaban J connectivity index is 3.27. The summed E-state index contributed by atoms with van der Waals surface area (Å²) in [5.41, 5.74) is 0.496. The summed E-state index contributed by atoms with van der Waals surface area (Å²) in [6.07, 6.45) is 0. The van der Waals surface area contributed by atoms with E-state index in [0.717, 1.165) is 6.61 Å². The van der Waals surface area contributed by atoms with Crippen molar-refractivity contribution in [2.45, 2.75) is 18.7 Å². The second-order valence-electron chi connectivity index (χ2n) is 2.65. The highest BCUT2D eigenvalue weighted by Gasteiger charge is 2.18. The number of halogens is 1. The molecule has 0 saturated heterocycles. The van der Waals surface area contributed by atoms with Gasteiger partial charge in [-0.05, 0) is 31.5 Å². The lowest BCUT2D eigenvalue weighted by atomic mass is 10.2. The summed E-state index contributed by atoms with van der Waals surface area (Å²) in [6.45, 7) is 4.25. The summed E-state index contributed by atoms with van der Waals surface area (Å²) in [7, 11) is -3.70. The summed E-state index contributed by atoms with van der Waals surface area (Å²) in [5, 5.41) is 0.408. The maximum Gasteiger partial charge on any atom is 0.297 e. The van der Waals surface area contributed by atoms with Crippen molar-refractivity contribution in [3.05, 3.63) is 35.4 Å². The van der Waals surface area contributed by atoms with Gasteiger partial charge in [0.15, 0.2) is 0 Å². The molecule has 0 unspecified atom stereocenters. The van der Waals surface area contributed by atoms with Crippen LogP contribution in [0.2, 0.25) is 5.02 Å². The van der Waals surface area contributed by atoms with Crippen LogP contribution < -0.4 is 0 Å². The van der Waals surface area contributed by atoms with E-state index >= 15 is 0 Å². The van der Waals surface area contributed by atoms with E-state index in [0.29, 0.717) is 10.6 Å². The largest absolute Gasteiger partial charge is 0.297 e. The molecule has 0 bridgehead atoms. The van der Waals surface area contributed by atoms with Gasteiger partial charge in [0.05, 0.1) is 4.90 Å². The van der Waals surface area contributed by atoms with Gasteiger partial charge in [-0.15, -0.1) is 0 Å². The summed E-state index contributed by atoms with van der Waals surface area (Å²) < 4.78 is 27.5. The molecule has 14 heavy (non-hydrogen) atoms. The molecule has 0 N–H and O–H groups in total. The predicted molar refractivity (Wildman–Crippen MR) is 54.4 cm³/mol. The molecule has 0 fully saturated rings. The summed E-state index contributed by atoms with van der Waals surface area (Å²) in [6, 6.07) is 4.66. The van der Waals surface area contributed by atoms with Crippen LogP contribution in [-0.4, -0.2) is 8.42 Å². The number of rotatable bonds is 3. The molecule has 5 heteroatoms. The van der Waals surface area contributed by atoms with Crippen molar-refractivity contribution < 1.29 is 12.6 Å². The molecular weight excluding hydrogens is 224 g/mol. The van der Waals surface area contributed by atoms with Gasteiger partial charge in [-0.3, -0.25) is 4.18 Å². The highest BCUT2D eigenvalue weighted by Crippen LogP contribution is 2.24. The minimum absolute atomic E-state index is 0.100. The third kappa shape index (κ3) is 2.26. The quantitative estimate of drug-likeness (QED) is 0.754. The van der Waals surface area contributed by atoms with E-state index < -0.39 is 10.1 Å². The zero-order valence-corrected chi connectivity index (χ0v) is 9.39. The fraction of sp³-hybridized carbons (Fsp3) is 0.222. The van der Waals surface area contributed by atoms with E-state index in [1.807, 2.05) is 0 Å². The zero-order valence-electron chi connectivity index (χ0n) is 7.82. The SMILES string of the molecule is C[CH]OS(=O)(=O)c1cccc(Cl)c1C. The first-order valence-corrected chi connectivity index (χ1v) is 5.74. The Kier molecular flexibility index (Phi) is 3.53. The van der Waals surface area contributed by atoms with E-state index in [4.69, 9.17) is 11.6 Å². The van der Waals surface area contributed by atoms with Gasteiger partial charge in [0.2, 0.25) is 0 Å². The van der Waals surface area contributed by atoms with Gasteiger partial charge in [0.1, 0.15) is 6.61 Å². The van der Waals surface area contributed by atoms with Crippen molar-refractivity contribution in [3.63, 3.8) is 0 Å². The second kappa shape index (κ2) is 4.29. The first kappa shape index (κ1) is 11.5. The lowest BCUT2D eigenvalue weighted by molar-refractivity contribution is 0.399. The molecule has 0 aromatic heterocycles. The van der Waals surface area contributed by atoms with E-state index in [-0.39, 0.29) is 4.90 Å². The Morgan fingerprint density at radius 3 is 2.64 bits per heavy atom. The highest BCUT2D eigenvalue weighted by molar-refractivity contribution is 7.86. The molecule has 1 aromatic rings. The van der Waals surface area contributed by atoms with Gasteiger partial charge < -0.3 is 0 Å². The van der Waals surface area contributed by atoms with Gasteiger partial charge in [0, 0.05) is 5.02 Å².